The summed E-state index contributed by atoms with van der Waals surface area (Å²) >= 11 is 0. The van der Waals surface area contributed by atoms with Gasteiger partial charge in [-0.05, 0) is 0 Å². The van der Waals surface area contributed by atoms with E-state index in [2.05, 4.69) is 0 Å². The molecule has 0 N–H and O–H groups in total. The van der Waals surface area contributed by atoms with Crippen molar-refractivity contribution in [1.29, 1.82) is 0 Å². The average Bonchev–Trinajstić information content (AvgIpc) is 3.18. The molecule has 0 fully saturated rings. The molecular formula is C21H18O6P-. The first-order valence-corrected chi connectivity index (χ1v) is 11.2. The van der Waals surface area contributed by atoms with Gasteiger partial charge in [0, 0.05) is 0 Å². The van der Waals surface area contributed by atoms with Crippen molar-refractivity contribution >= 4 is 7.31 Å². The summed E-state index contributed by atoms with van der Waals surface area (Å²) in [6.07, 6.45) is 0. The number of benzene rings is 3. The molecule has 0 amide bonds. The third-order valence-corrected chi connectivity index (χ3v) is 8.42. The third kappa shape index (κ3) is 1.81. The first kappa shape index (κ1) is 15.9. The fourth-order valence-electron chi connectivity index (χ4n) is 3.77. The van der Waals surface area contributed by atoms with Gasteiger partial charge in [-0.15, -0.1) is 0 Å². The monoisotopic (exact) mass is 397 g/mol. The number of fused-ring (bicyclic) bond motifs is 3. The standard InChI is InChI=1S/C21H18O6P/c1-13-4-7-16-19(10-13)25-28(22-16,23-17-8-5-14(2)11-20(17)26-28)24-18-9-6-15(3)12-21(18)27-28/h4-12H,1-3H3/q-1. The van der Waals surface area contributed by atoms with Crippen LogP contribution in [0.15, 0.2) is 54.6 Å². The van der Waals surface area contributed by atoms with E-state index in [4.69, 9.17) is 27.1 Å². The van der Waals surface area contributed by atoms with Gasteiger partial charge in [0.25, 0.3) is 0 Å². The van der Waals surface area contributed by atoms with Crippen LogP contribution in [0.3, 0.4) is 0 Å². The summed E-state index contributed by atoms with van der Waals surface area (Å²) in [6.45, 7) is 5.88. The fraction of sp³-hybridized carbons (Fsp3) is 0.143. The Balaban J connectivity index is 1.61. The molecule has 0 bridgehead atoms. The first-order chi connectivity index (χ1) is 13.3. The van der Waals surface area contributed by atoms with Gasteiger partial charge < -0.3 is 0 Å². The molecule has 3 aromatic rings. The Kier molecular flexibility index (Phi) is 2.45. The Bertz CT molecular complexity index is 1060. The van der Waals surface area contributed by atoms with Gasteiger partial charge in [0.05, 0.1) is 0 Å². The zero-order valence-corrected chi connectivity index (χ0v) is 16.5. The van der Waals surface area contributed by atoms with Gasteiger partial charge in [-0.2, -0.15) is 0 Å². The molecule has 0 atom stereocenters. The molecule has 28 heavy (non-hydrogen) atoms. The van der Waals surface area contributed by atoms with Crippen LogP contribution in [-0.2, 0) is 0 Å². The van der Waals surface area contributed by atoms with Crippen LogP contribution < -0.4 is 27.1 Å². The Labute approximate surface area is 161 Å². The number of aryl methyl sites for hydroxylation is 3. The number of rotatable bonds is 0. The first-order valence-electron chi connectivity index (χ1n) is 9.03. The minimum absolute atomic E-state index is 0.440. The van der Waals surface area contributed by atoms with E-state index in [1.54, 1.807) is 18.2 Å². The van der Waals surface area contributed by atoms with E-state index < -0.39 is 7.31 Å². The topological polar surface area (TPSA) is 55.4 Å². The molecular weight excluding hydrogens is 379 g/mol. The summed E-state index contributed by atoms with van der Waals surface area (Å²) in [4.78, 5) is 0. The zero-order valence-electron chi connectivity index (χ0n) is 15.6. The van der Waals surface area contributed by atoms with Gasteiger partial charge in [-0.1, -0.05) is 0 Å². The van der Waals surface area contributed by atoms with Crippen molar-refractivity contribution in [2.45, 2.75) is 20.8 Å². The summed E-state index contributed by atoms with van der Waals surface area (Å²) < 4.78 is 38.0. The Morgan fingerprint density at radius 2 is 0.714 bits per heavy atom. The minimum atomic E-state index is -5.64. The molecule has 0 aromatic heterocycles. The van der Waals surface area contributed by atoms with Crippen LogP contribution >= 0.6 is 7.31 Å². The second kappa shape index (κ2) is 4.31. The molecule has 6 rings (SSSR count). The summed E-state index contributed by atoms with van der Waals surface area (Å²) in [5.41, 5.74) is 2.99. The molecule has 0 saturated carbocycles. The molecule has 1 spiro atoms. The normalized spacial score (nSPS) is 22.4. The van der Waals surface area contributed by atoms with Crippen LogP contribution in [-0.4, -0.2) is 0 Å². The molecule has 0 radical (unpaired) electrons. The summed E-state index contributed by atoms with van der Waals surface area (Å²) in [6, 6.07) is 16.7. The van der Waals surface area contributed by atoms with Crippen LogP contribution in [0.25, 0.3) is 0 Å². The maximum absolute atomic E-state index is 6.34. The molecule has 3 aliphatic heterocycles. The number of hydrogen-bond donors (Lipinski definition) is 0. The molecule has 0 unspecified atom stereocenters. The van der Waals surface area contributed by atoms with Gasteiger partial charge in [0.15, 0.2) is 0 Å². The van der Waals surface area contributed by atoms with Gasteiger partial charge >= 0.3 is 161 Å². The van der Waals surface area contributed by atoms with Crippen molar-refractivity contribution in [3.63, 3.8) is 0 Å². The Morgan fingerprint density at radius 3 is 1.04 bits per heavy atom. The molecule has 3 aliphatic rings. The van der Waals surface area contributed by atoms with Crippen molar-refractivity contribution in [1.82, 2.24) is 0 Å². The Morgan fingerprint density at radius 1 is 0.429 bits per heavy atom. The average molecular weight is 397 g/mol. The molecule has 0 saturated heterocycles. The fourth-order valence-corrected chi connectivity index (χ4v) is 7.62. The van der Waals surface area contributed by atoms with Crippen LogP contribution in [0.1, 0.15) is 16.7 Å². The van der Waals surface area contributed by atoms with E-state index in [0.717, 1.165) is 16.7 Å². The van der Waals surface area contributed by atoms with E-state index in [0.29, 0.717) is 34.5 Å². The van der Waals surface area contributed by atoms with Crippen LogP contribution in [0.4, 0.5) is 0 Å². The van der Waals surface area contributed by atoms with Crippen LogP contribution in [0.2, 0.25) is 0 Å². The van der Waals surface area contributed by atoms with Gasteiger partial charge in [0.1, 0.15) is 0 Å². The van der Waals surface area contributed by atoms with Gasteiger partial charge in [-0.3, -0.25) is 0 Å². The second-order valence-corrected chi connectivity index (χ2v) is 10.8. The molecule has 3 aromatic carbocycles. The van der Waals surface area contributed by atoms with E-state index in [1.165, 1.54) is 0 Å². The summed E-state index contributed by atoms with van der Waals surface area (Å²) in [5, 5.41) is 0. The SMILES string of the molecule is Cc1ccc2c(c1)O[P-]13(O2)(Oc2ccc(C)cc2O1)Oc1ccc(C)cc1O3. The van der Waals surface area contributed by atoms with Crippen molar-refractivity contribution in [3.05, 3.63) is 71.3 Å². The molecule has 7 heteroatoms. The van der Waals surface area contributed by atoms with Gasteiger partial charge in [0.2, 0.25) is 0 Å². The van der Waals surface area contributed by atoms with Crippen molar-refractivity contribution < 1.29 is 27.1 Å². The maximum atomic E-state index is 6.34. The number of hydrogen-bond acceptors (Lipinski definition) is 6. The van der Waals surface area contributed by atoms with Crippen LogP contribution in [0.5, 0.6) is 34.5 Å². The molecule has 3 heterocycles. The van der Waals surface area contributed by atoms with Crippen molar-refractivity contribution in [3.8, 4) is 34.5 Å². The van der Waals surface area contributed by atoms with E-state index >= 15 is 0 Å². The predicted octanol–water partition coefficient (Wildman–Crippen LogP) is 5.90. The summed E-state index contributed by atoms with van der Waals surface area (Å²) in [5.74, 6) is 2.67. The quantitative estimate of drug-likeness (QED) is 0.440. The Hall–Kier alpha value is -3.11. The van der Waals surface area contributed by atoms with E-state index in [-0.39, 0.29) is 0 Å². The van der Waals surface area contributed by atoms with Gasteiger partial charge in [-0.25, -0.2) is 0 Å². The zero-order chi connectivity index (χ0) is 19.2. The second-order valence-electron chi connectivity index (χ2n) is 7.52. The van der Waals surface area contributed by atoms with Crippen molar-refractivity contribution in [2.24, 2.45) is 0 Å². The van der Waals surface area contributed by atoms with Crippen molar-refractivity contribution in [2.75, 3.05) is 0 Å². The molecule has 144 valence electrons. The van der Waals surface area contributed by atoms with Crippen LogP contribution in [0, 0.1) is 20.8 Å². The van der Waals surface area contributed by atoms with E-state index in [9.17, 15) is 0 Å². The predicted molar refractivity (Wildman–Crippen MR) is 104 cm³/mol. The van der Waals surface area contributed by atoms with E-state index in [1.807, 2.05) is 57.2 Å². The third-order valence-electron chi connectivity index (χ3n) is 5.01. The summed E-state index contributed by atoms with van der Waals surface area (Å²) in [7, 11) is -5.64. The molecule has 0 aliphatic carbocycles. The molecule has 6 nitrogen and oxygen atoms in total.